The van der Waals surface area contributed by atoms with Crippen LogP contribution < -0.4 is 21.3 Å². The summed E-state index contributed by atoms with van der Waals surface area (Å²) >= 11 is 12.2. The molecule has 2 amide bonds. The van der Waals surface area contributed by atoms with E-state index < -0.39 is 4.92 Å². The smallest absolute Gasteiger partial charge is 0.358 e. The van der Waals surface area contributed by atoms with Crippen LogP contribution in [0.5, 0.6) is 0 Å². The summed E-state index contributed by atoms with van der Waals surface area (Å²) in [4.78, 5) is 66.9. The fourth-order valence-electron chi connectivity index (χ4n) is 6.37. The molecular formula is C45H48Cl2N15O4+. The molecule has 340 valence electrons. The van der Waals surface area contributed by atoms with Crippen molar-refractivity contribution in [1.29, 1.82) is 0 Å². The lowest BCUT2D eigenvalue weighted by Gasteiger charge is -2.27. The third kappa shape index (κ3) is 13.1. The van der Waals surface area contributed by atoms with E-state index in [0.29, 0.717) is 79.5 Å². The van der Waals surface area contributed by atoms with Gasteiger partial charge in [-0.25, -0.2) is 29.9 Å². The number of fused-ring (bicyclic) bond motifs is 2. The Kier molecular flexibility index (Phi) is 15.6. The summed E-state index contributed by atoms with van der Waals surface area (Å²) in [5.41, 5.74) is 5.36. The van der Waals surface area contributed by atoms with E-state index in [1.54, 1.807) is 54.4 Å². The quantitative estimate of drug-likeness (QED) is 0.0332. The standard InChI is InChI=1S/C25H26ClN9O3.C20H21ClN6O/c1-16-10-17(7-8-19(16)26)31-24-18-11-22(27-12-20(18)28-14-29-24)32-23(36)6-5-9-35(3,4)13-21-25(34(37)38)30-15-33(21)2;1-13-9-14(6-7-16(13)21)25-20-15-10-18(22-11-17(15)23-12-24-20)26-19(28)5-4-8-27(2)3/h5-8,10-12,14-15H,9,13H2,1-4H3,(H-,27,28,29,31,32,36);4-7,9-12H,8H2,1-3H3,(H,22,26,28)(H,23,24,25)/p+1/b6-5+;5-4+. The molecule has 0 atom stereocenters. The van der Waals surface area contributed by atoms with E-state index in [0.717, 1.165) is 27.9 Å². The first-order chi connectivity index (χ1) is 31.4. The topological polar surface area (TPSA) is 224 Å². The third-order valence-corrected chi connectivity index (χ3v) is 10.6. The first kappa shape index (κ1) is 48.0. The van der Waals surface area contributed by atoms with E-state index in [-0.39, 0.29) is 17.6 Å². The van der Waals surface area contributed by atoms with Crippen LogP contribution in [0.15, 0.2) is 104 Å². The molecule has 7 rings (SSSR count). The van der Waals surface area contributed by atoms with Crippen molar-refractivity contribution in [2.24, 2.45) is 7.05 Å². The predicted molar refractivity (Wildman–Crippen MR) is 258 cm³/mol. The van der Waals surface area contributed by atoms with Gasteiger partial charge in [0.2, 0.25) is 18.1 Å². The number of hydrogen-bond donors (Lipinski definition) is 4. The summed E-state index contributed by atoms with van der Waals surface area (Å²) in [6.07, 6.45) is 13.9. The van der Waals surface area contributed by atoms with Crippen molar-refractivity contribution in [1.82, 2.24) is 44.4 Å². The van der Waals surface area contributed by atoms with Gasteiger partial charge in [-0.2, -0.15) is 0 Å². The molecule has 0 saturated carbocycles. The van der Waals surface area contributed by atoms with Gasteiger partial charge in [0.15, 0.2) is 5.69 Å². The number of imidazole rings is 1. The van der Waals surface area contributed by atoms with Crippen molar-refractivity contribution in [2.75, 3.05) is 62.5 Å². The summed E-state index contributed by atoms with van der Waals surface area (Å²) in [6, 6.07) is 14.7. The van der Waals surface area contributed by atoms with Crippen molar-refractivity contribution in [2.45, 2.75) is 20.4 Å². The summed E-state index contributed by atoms with van der Waals surface area (Å²) in [5.74, 6) is 1.19. The summed E-state index contributed by atoms with van der Waals surface area (Å²) in [6.45, 7) is 5.37. The molecule has 0 bridgehead atoms. The predicted octanol–water partition coefficient (Wildman–Crippen LogP) is 7.93. The molecule has 7 aromatic rings. The molecule has 5 aromatic heterocycles. The number of likely N-dealkylation sites (N-methyl/N-ethyl adjacent to an activating group) is 2. The highest BCUT2D eigenvalue weighted by Gasteiger charge is 2.27. The minimum absolute atomic E-state index is 0.160. The minimum atomic E-state index is -0.488. The van der Waals surface area contributed by atoms with Crippen LogP contribution in [0.3, 0.4) is 0 Å². The number of nitro groups is 1. The number of aryl methyl sites for hydroxylation is 3. The van der Waals surface area contributed by atoms with Crippen molar-refractivity contribution in [3.8, 4) is 0 Å². The molecule has 0 unspecified atom stereocenters. The lowest BCUT2D eigenvalue weighted by atomic mass is 10.2. The Hall–Kier alpha value is -7.45. The molecule has 0 aliphatic heterocycles. The number of pyridine rings is 2. The largest absolute Gasteiger partial charge is 0.390 e. The second kappa shape index (κ2) is 21.5. The van der Waals surface area contributed by atoms with E-state index in [2.05, 4.69) is 56.2 Å². The van der Waals surface area contributed by atoms with Gasteiger partial charge < -0.3 is 45.3 Å². The lowest BCUT2D eigenvalue weighted by Crippen LogP contribution is -2.39. The Balaban J connectivity index is 0.000000229. The maximum Gasteiger partial charge on any atom is 0.390 e. The zero-order valence-corrected chi connectivity index (χ0v) is 38.8. The van der Waals surface area contributed by atoms with Gasteiger partial charge in [-0.3, -0.25) is 9.59 Å². The highest BCUT2D eigenvalue weighted by Crippen LogP contribution is 2.29. The van der Waals surface area contributed by atoms with Crippen LogP contribution in [0, 0.1) is 24.0 Å². The molecule has 66 heavy (non-hydrogen) atoms. The maximum atomic E-state index is 12.6. The van der Waals surface area contributed by atoms with Crippen LogP contribution >= 0.6 is 23.2 Å². The zero-order chi connectivity index (χ0) is 47.5. The molecule has 0 spiro atoms. The SMILES string of the molecule is Cc1cc(Nc2ncnc3cnc(NC(=O)/C=C/CN(C)C)cc23)ccc1Cl.Cc1cc(Nc2ncnc3cnc(NC(=O)/C=C/C[N+](C)(C)Cc4c([N+](=O)[O-])ncn4C)cc23)ccc1Cl. The van der Waals surface area contributed by atoms with Crippen LogP contribution in [0.25, 0.3) is 21.8 Å². The van der Waals surface area contributed by atoms with Gasteiger partial charge in [-0.05, 0) is 104 Å². The highest BCUT2D eigenvalue weighted by atomic mass is 35.5. The molecule has 0 aliphatic rings. The number of quaternary nitrogens is 1. The molecule has 0 saturated heterocycles. The monoisotopic (exact) mass is 932 g/mol. The van der Waals surface area contributed by atoms with Gasteiger partial charge in [0.1, 0.15) is 42.5 Å². The van der Waals surface area contributed by atoms with Gasteiger partial charge in [0.05, 0.1) is 44.1 Å². The molecule has 0 fully saturated rings. The number of carbonyl (C=O) groups excluding carboxylic acids is 2. The fourth-order valence-corrected chi connectivity index (χ4v) is 6.61. The molecule has 4 N–H and O–H groups in total. The second-order valence-corrected chi connectivity index (χ2v) is 16.8. The molecular weight excluding hydrogens is 886 g/mol. The Labute approximate surface area is 390 Å². The summed E-state index contributed by atoms with van der Waals surface area (Å²) < 4.78 is 2.02. The number of halogens is 2. The second-order valence-electron chi connectivity index (χ2n) is 16.0. The number of anilines is 6. The number of carbonyl (C=O) groups is 2. The average Bonchev–Trinajstić information content (AvgIpc) is 3.62. The van der Waals surface area contributed by atoms with Crippen LogP contribution in [0.2, 0.25) is 10.0 Å². The fraction of sp³-hybridized carbons (Fsp3) is 0.222. The number of hydrogen-bond acceptors (Lipinski definition) is 14. The maximum absolute atomic E-state index is 12.6. The van der Waals surface area contributed by atoms with Crippen LogP contribution in [-0.2, 0) is 23.2 Å². The van der Waals surface area contributed by atoms with Crippen LogP contribution in [0.4, 0.5) is 40.5 Å². The van der Waals surface area contributed by atoms with Gasteiger partial charge in [-0.15, -0.1) is 0 Å². The number of benzene rings is 2. The van der Waals surface area contributed by atoms with Crippen LogP contribution in [-0.4, -0.2) is 107 Å². The first-order valence-corrected chi connectivity index (χ1v) is 21.0. The Bertz CT molecular complexity index is 2970. The molecule has 5 heterocycles. The number of nitrogens with zero attached hydrogens (tertiary/aromatic N) is 11. The van der Waals surface area contributed by atoms with Crippen LogP contribution in [0.1, 0.15) is 16.8 Å². The van der Waals surface area contributed by atoms with E-state index in [9.17, 15) is 19.7 Å². The lowest BCUT2D eigenvalue weighted by molar-refractivity contribution is -0.898. The Morgan fingerprint density at radius 2 is 1.26 bits per heavy atom. The zero-order valence-electron chi connectivity index (χ0n) is 37.2. The van der Waals surface area contributed by atoms with Gasteiger partial charge in [-0.1, -0.05) is 29.3 Å². The highest BCUT2D eigenvalue weighted by molar-refractivity contribution is 6.31. The van der Waals surface area contributed by atoms with E-state index in [4.69, 9.17) is 23.2 Å². The van der Waals surface area contributed by atoms with E-state index in [1.807, 2.05) is 77.3 Å². The van der Waals surface area contributed by atoms with Crippen molar-refractivity contribution < 1.29 is 19.0 Å². The first-order valence-electron chi connectivity index (χ1n) is 20.3. The summed E-state index contributed by atoms with van der Waals surface area (Å²) in [7, 11) is 9.42. The van der Waals surface area contributed by atoms with E-state index >= 15 is 0 Å². The van der Waals surface area contributed by atoms with E-state index in [1.165, 1.54) is 31.1 Å². The summed E-state index contributed by atoms with van der Waals surface area (Å²) in [5, 5.41) is 26.1. The van der Waals surface area contributed by atoms with Gasteiger partial charge in [0, 0.05) is 57.9 Å². The van der Waals surface area contributed by atoms with Crippen molar-refractivity contribution in [3.63, 3.8) is 0 Å². The van der Waals surface area contributed by atoms with Crippen molar-refractivity contribution >= 4 is 97.3 Å². The number of rotatable bonds is 15. The molecule has 0 radical (unpaired) electrons. The Morgan fingerprint density at radius 1 is 0.758 bits per heavy atom. The van der Waals surface area contributed by atoms with Gasteiger partial charge in [0.25, 0.3) is 0 Å². The van der Waals surface area contributed by atoms with Crippen molar-refractivity contribution in [3.05, 3.63) is 141 Å². The number of aromatic nitrogens is 8. The molecule has 2 aromatic carbocycles. The number of amides is 2. The Morgan fingerprint density at radius 3 is 1.73 bits per heavy atom. The van der Waals surface area contributed by atoms with Gasteiger partial charge >= 0.3 is 5.82 Å². The third-order valence-electron chi connectivity index (χ3n) is 9.78. The molecule has 19 nitrogen and oxygen atoms in total. The normalized spacial score (nSPS) is 11.5. The molecule has 21 heteroatoms. The minimum Gasteiger partial charge on any atom is -0.358 e. The molecule has 0 aliphatic carbocycles. The average molecular weight is 934 g/mol. The number of nitrogens with one attached hydrogen (secondary N) is 4.